The Morgan fingerprint density at radius 2 is 1.18 bits per heavy atom. The van der Waals surface area contributed by atoms with E-state index in [4.69, 9.17) is 34.1 Å². The van der Waals surface area contributed by atoms with E-state index in [0.29, 0.717) is 19.4 Å². The average molecular weight is 559 g/mol. The number of rotatable bonds is 21. The van der Waals surface area contributed by atoms with Crippen molar-refractivity contribution in [2.24, 2.45) is 28.7 Å². The number of hydrogen-bond acceptors (Lipinski definition) is 9. The number of aliphatic carboxylic acids is 1. The van der Waals surface area contributed by atoms with Gasteiger partial charge in [-0.05, 0) is 51.5 Å². The molecule has 0 aromatic rings. The number of guanidine groups is 1. The summed E-state index contributed by atoms with van der Waals surface area (Å²) in [6.07, 6.45) is 0.627. The highest BCUT2D eigenvalue weighted by molar-refractivity contribution is 5.94. The standard InChI is InChI=1S/C22H42N10O7/c23-10-2-1-4-15(21(38)39)32-20(37)14(7-9-17(26)34)31-19(36)13(5-3-11-29-22(27)28)30-18(35)12(24)6-8-16(25)33/h12-15H,1-11,23-24H2,(H2,25,33)(H2,26,34)(H,30,35)(H,31,36)(H,32,37)(H,38,39)(H4,27,28,29)/t12-,13-,14-,15-/m0/s1. The Labute approximate surface area is 226 Å². The van der Waals surface area contributed by atoms with E-state index in [-0.39, 0.29) is 57.5 Å². The van der Waals surface area contributed by atoms with Crippen LogP contribution in [-0.4, -0.2) is 83.8 Å². The van der Waals surface area contributed by atoms with Gasteiger partial charge >= 0.3 is 5.97 Å². The number of unbranched alkanes of at least 4 members (excludes halogenated alkanes) is 1. The molecular formula is C22H42N10O7. The number of carbonyl (C=O) groups excluding carboxylic acids is 5. The first-order valence-electron chi connectivity index (χ1n) is 12.5. The van der Waals surface area contributed by atoms with Gasteiger partial charge in [-0.2, -0.15) is 0 Å². The lowest BCUT2D eigenvalue weighted by Crippen LogP contribution is -2.57. The van der Waals surface area contributed by atoms with Gasteiger partial charge in [-0.3, -0.25) is 29.4 Å². The molecule has 0 aliphatic carbocycles. The Bertz CT molecular complexity index is 870. The summed E-state index contributed by atoms with van der Waals surface area (Å²) in [5.74, 6) is -5.40. The van der Waals surface area contributed by atoms with Crippen molar-refractivity contribution in [3.8, 4) is 0 Å². The topological polar surface area (TPSA) is 325 Å². The molecule has 0 heterocycles. The second-order valence-corrected chi connectivity index (χ2v) is 8.91. The number of hydrogen-bond donors (Lipinski definition) is 11. The molecule has 0 radical (unpaired) electrons. The van der Waals surface area contributed by atoms with Crippen molar-refractivity contribution in [1.82, 2.24) is 21.3 Å². The minimum Gasteiger partial charge on any atom is -0.480 e. The van der Waals surface area contributed by atoms with E-state index in [9.17, 15) is 33.9 Å². The molecule has 5 amide bonds. The van der Waals surface area contributed by atoms with Crippen LogP contribution >= 0.6 is 0 Å². The van der Waals surface area contributed by atoms with Crippen LogP contribution in [-0.2, 0) is 28.8 Å². The van der Waals surface area contributed by atoms with Crippen LogP contribution in [0.15, 0.2) is 0 Å². The number of amides is 5. The molecule has 222 valence electrons. The smallest absolute Gasteiger partial charge is 0.326 e. The number of carboxylic acids is 1. The van der Waals surface area contributed by atoms with Gasteiger partial charge in [-0.25, -0.2) is 4.79 Å². The molecule has 0 aromatic carbocycles. The summed E-state index contributed by atoms with van der Waals surface area (Å²) in [6, 6.07) is -4.97. The van der Waals surface area contributed by atoms with Crippen LogP contribution in [0.3, 0.4) is 0 Å². The van der Waals surface area contributed by atoms with E-state index < -0.39 is 59.7 Å². The molecule has 0 aliphatic heterocycles. The van der Waals surface area contributed by atoms with Crippen LogP contribution in [0.25, 0.3) is 0 Å². The molecule has 16 N–H and O–H groups in total. The minimum atomic E-state index is -1.35. The predicted octanol–water partition coefficient (Wildman–Crippen LogP) is -4.22. The zero-order valence-electron chi connectivity index (χ0n) is 21.9. The maximum Gasteiger partial charge on any atom is 0.326 e. The highest BCUT2D eigenvalue weighted by Crippen LogP contribution is 2.06. The van der Waals surface area contributed by atoms with E-state index in [1.54, 1.807) is 0 Å². The van der Waals surface area contributed by atoms with E-state index in [1.165, 1.54) is 0 Å². The number of nitrogens with one attached hydrogen (secondary N) is 5. The van der Waals surface area contributed by atoms with Crippen molar-refractivity contribution in [3.05, 3.63) is 0 Å². The molecule has 39 heavy (non-hydrogen) atoms. The van der Waals surface area contributed by atoms with Crippen molar-refractivity contribution >= 4 is 41.5 Å². The molecule has 4 atom stereocenters. The normalized spacial score (nSPS) is 13.7. The number of carbonyl (C=O) groups is 6. The Morgan fingerprint density at radius 1 is 0.692 bits per heavy atom. The van der Waals surface area contributed by atoms with E-state index in [2.05, 4.69) is 21.3 Å². The molecule has 0 fully saturated rings. The van der Waals surface area contributed by atoms with Gasteiger partial charge in [0.2, 0.25) is 29.5 Å². The molecule has 0 spiro atoms. The fourth-order valence-corrected chi connectivity index (χ4v) is 3.36. The van der Waals surface area contributed by atoms with Crippen LogP contribution in [0.5, 0.6) is 0 Å². The summed E-state index contributed by atoms with van der Waals surface area (Å²) in [7, 11) is 0. The fraction of sp³-hybridized carbons (Fsp3) is 0.682. The highest BCUT2D eigenvalue weighted by atomic mass is 16.4. The second-order valence-electron chi connectivity index (χ2n) is 8.91. The van der Waals surface area contributed by atoms with Gasteiger partial charge in [-0.1, -0.05) is 0 Å². The van der Waals surface area contributed by atoms with Gasteiger partial charge in [0.05, 0.1) is 6.04 Å². The third-order valence-electron chi connectivity index (χ3n) is 5.53. The lowest BCUT2D eigenvalue weighted by molar-refractivity contribution is -0.142. The Hall–Kier alpha value is -3.99. The van der Waals surface area contributed by atoms with Gasteiger partial charge in [0.1, 0.15) is 18.1 Å². The third-order valence-corrected chi connectivity index (χ3v) is 5.53. The SMILES string of the molecule is N=C(N)NCCC[C@H](NC(=O)[C@@H](N)CCC(N)=O)C(=O)N[C@@H](CCC(N)=O)C(=O)N[C@@H](CCCCN)C(=O)O. The van der Waals surface area contributed by atoms with Gasteiger partial charge in [0.25, 0.3) is 0 Å². The fourth-order valence-electron chi connectivity index (χ4n) is 3.36. The summed E-state index contributed by atoms with van der Waals surface area (Å²) in [4.78, 5) is 72.5. The molecule has 0 rings (SSSR count). The Balaban J connectivity index is 5.63. The number of carboxylic acid groups (broad SMARTS) is 1. The van der Waals surface area contributed by atoms with Crippen molar-refractivity contribution in [3.63, 3.8) is 0 Å². The lowest BCUT2D eigenvalue weighted by atomic mass is 10.0. The van der Waals surface area contributed by atoms with Crippen molar-refractivity contribution in [1.29, 1.82) is 5.41 Å². The van der Waals surface area contributed by atoms with Crippen LogP contribution in [0, 0.1) is 5.41 Å². The zero-order valence-corrected chi connectivity index (χ0v) is 21.9. The molecule has 0 saturated carbocycles. The van der Waals surface area contributed by atoms with Gasteiger partial charge < -0.3 is 55.0 Å². The van der Waals surface area contributed by atoms with E-state index in [0.717, 1.165) is 0 Å². The molecule has 0 bridgehead atoms. The molecule has 0 aliphatic rings. The molecule has 17 nitrogen and oxygen atoms in total. The van der Waals surface area contributed by atoms with Crippen LogP contribution < -0.4 is 49.9 Å². The van der Waals surface area contributed by atoms with Gasteiger partial charge in [0, 0.05) is 19.4 Å². The maximum absolute atomic E-state index is 13.1. The summed E-state index contributed by atoms with van der Waals surface area (Å²) in [6.45, 7) is 0.538. The first-order valence-corrected chi connectivity index (χ1v) is 12.5. The molecule has 0 saturated heterocycles. The van der Waals surface area contributed by atoms with Crippen LogP contribution in [0.4, 0.5) is 0 Å². The van der Waals surface area contributed by atoms with Crippen LogP contribution in [0.1, 0.15) is 57.8 Å². The summed E-state index contributed by atoms with van der Waals surface area (Å²) < 4.78 is 0. The largest absolute Gasteiger partial charge is 0.480 e. The molecule has 0 unspecified atom stereocenters. The maximum atomic E-state index is 13.1. The second kappa shape index (κ2) is 19.1. The molecule has 0 aromatic heterocycles. The summed E-state index contributed by atoms with van der Waals surface area (Å²) in [5.41, 5.74) is 26.7. The number of primary amides is 2. The first kappa shape index (κ1) is 35.0. The third kappa shape index (κ3) is 16.5. The predicted molar refractivity (Wildman–Crippen MR) is 140 cm³/mol. The highest BCUT2D eigenvalue weighted by Gasteiger charge is 2.30. The van der Waals surface area contributed by atoms with E-state index in [1.807, 2.05) is 0 Å². The summed E-state index contributed by atoms with van der Waals surface area (Å²) in [5, 5.41) is 26.5. The molecule has 17 heteroatoms. The average Bonchev–Trinajstić information content (AvgIpc) is 2.85. The van der Waals surface area contributed by atoms with Crippen molar-refractivity contribution < 1.29 is 33.9 Å². The van der Waals surface area contributed by atoms with Crippen molar-refractivity contribution in [2.75, 3.05) is 13.1 Å². The van der Waals surface area contributed by atoms with E-state index >= 15 is 0 Å². The lowest BCUT2D eigenvalue weighted by Gasteiger charge is -2.25. The Kier molecular flexibility index (Phi) is 17.2. The first-order chi connectivity index (χ1) is 18.3. The summed E-state index contributed by atoms with van der Waals surface area (Å²) >= 11 is 0. The molecular weight excluding hydrogens is 516 g/mol. The van der Waals surface area contributed by atoms with Crippen LogP contribution in [0.2, 0.25) is 0 Å². The quantitative estimate of drug-likeness (QED) is 0.0364. The van der Waals surface area contributed by atoms with Gasteiger partial charge in [-0.15, -0.1) is 0 Å². The minimum absolute atomic E-state index is 0.0292. The van der Waals surface area contributed by atoms with Crippen molar-refractivity contribution in [2.45, 2.75) is 82.0 Å². The monoisotopic (exact) mass is 558 g/mol. The Morgan fingerprint density at radius 3 is 1.69 bits per heavy atom. The number of nitrogens with two attached hydrogens (primary N) is 5. The van der Waals surface area contributed by atoms with Gasteiger partial charge in [0.15, 0.2) is 5.96 Å². The zero-order chi connectivity index (χ0) is 30.0.